The summed E-state index contributed by atoms with van der Waals surface area (Å²) < 4.78 is 5.16. The zero-order valence-electron chi connectivity index (χ0n) is 5.83. The van der Waals surface area contributed by atoms with Crippen molar-refractivity contribution in [3.05, 3.63) is 0 Å². The smallest absolute Gasteiger partial charge is 0.149 e. The van der Waals surface area contributed by atoms with E-state index in [1.165, 1.54) is 0 Å². The first-order valence-corrected chi connectivity index (χ1v) is 3.32. The fourth-order valence-electron chi connectivity index (χ4n) is 1.05. The second-order valence-electron chi connectivity index (χ2n) is 2.77. The predicted octanol–water partition coefficient (Wildman–Crippen LogP) is 0.856. The Morgan fingerprint density at radius 1 is 1.56 bits per heavy atom. The van der Waals surface area contributed by atoms with E-state index in [2.05, 4.69) is 13.8 Å². The van der Waals surface area contributed by atoms with Gasteiger partial charge in [0.05, 0.1) is 6.61 Å². The fraction of sp³-hybridized carbons (Fsp3) is 0.857. The second-order valence-corrected chi connectivity index (χ2v) is 2.77. The maximum atomic E-state index is 10.2. The van der Waals surface area contributed by atoms with Gasteiger partial charge in [0, 0.05) is 0 Å². The Kier molecular flexibility index (Phi) is 1.86. The van der Waals surface area contributed by atoms with Crippen LogP contribution in [0.4, 0.5) is 0 Å². The Morgan fingerprint density at radius 3 is 2.44 bits per heavy atom. The average molecular weight is 128 g/mol. The number of aldehydes is 1. The van der Waals surface area contributed by atoms with Gasteiger partial charge in [0.2, 0.25) is 0 Å². The van der Waals surface area contributed by atoms with Crippen molar-refractivity contribution in [3.63, 3.8) is 0 Å². The molecule has 1 aliphatic heterocycles. The molecule has 1 saturated heterocycles. The highest BCUT2D eigenvalue weighted by molar-refractivity contribution is 5.57. The first-order valence-electron chi connectivity index (χ1n) is 3.32. The molecule has 1 aliphatic rings. The Balaban J connectivity index is 2.50. The topological polar surface area (TPSA) is 26.3 Å². The summed E-state index contributed by atoms with van der Waals surface area (Å²) in [6, 6.07) is 0. The summed E-state index contributed by atoms with van der Waals surface area (Å²) >= 11 is 0. The molecule has 0 aromatic rings. The summed E-state index contributed by atoms with van der Waals surface area (Å²) in [6.07, 6.45) is 0.758. The minimum Gasteiger partial charge on any atom is -0.370 e. The summed E-state index contributed by atoms with van der Waals surface area (Å²) in [5.74, 6) is 0.947. The first kappa shape index (κ1) is 6.75. The normalized spacial score (nSPS) is 43.1. The molecule has 0 saturated carbocycles. The SMILES string of the molecule is CC1COC(C=O)C1C. The zero-order valence-corrected chi connectivity index (χ0v) is 5.83. The standard InChI is InChI=1S/C7H12O2/c1-5-4-9-7(3-8)6(5)2/h3,5-7H,4H2,1-2H3. The number of rotatable bonds is 1. The van der Waals surface area contributed by atoms with Crippen molar-refractivity contribution < 1.29 is 9.53 Å². The molecule has 0 aromatic carbocycles. The zero-order chi connectivity index (χ0) is 6.85. The van der Waals surface area contributed by atoms with Gasteiger partial charge in [-0.15, -0.1) is 0 Å². The van der Waals surface area contributed by atoms with Crippen LogP contribution in [0.5, 0.6) is 0 Å². The monoisotopic (exact) mass is 128 g/mol. The highest BCUT2D eigenvalue weighted by Crippen LogP contribution is 2.24. The lowest BCUT2D eigenvalue weighted by atomic mass is 9.95. The van der Waals surface area contributed by atoms with Gasteiger partial charge in [-0.05, 0) is 11.8 Å². The van der Waals surface area contributed by atoms with Gasteiger partial charge in [-0.25, -0.2) is 0 Å². The second kappa shape index (κ2) is 2.48. The van der Waals surface area contributed by atoms with Crippen molar-refractivity contribution >= 4 is 6.29 Å². The quantitative estimate of drug-likeness (QED) is 0.489. The summed E-state index contributed by atoms with van der Waals surface area (Å²) in [7, 11) is 0. The molecule has 0 aromatic heterocycles. The van der Waals surface area contributed by atoms with E-state index < -0.39 is 0 Å². The minimum atomic E-state index is -0.139. The van der Waals surface area contributed by atoms with Gasteiger partial charge in [0.1, 0.15) is 12.4 Å². The Bertz CT molecular complexity index is 111. The van der Waals surface area contributed by atoms with Gasteiger partial charge in [0.15, 0.2) is 0 Å². The fourth-order valence-corrected chi connectivity index (χ4v) is 1.05. The molecule has 0 amide bonds. The van der Waals surface area contributed by atoms with Crippen molar-refractivity contribution in [1.29, 1.82) is 0 Å². The van der Waals surface area contributed by atoms with Gasteiger partial charge >= 0.3 is 0 Å². The van der Waals surface area contributed by atoms with Crippen molar-refractivity contribution in [1.82, 2.24) is 0 Å². The molecule has 2 nitrogen and oxygen atoms in total. The van der Waals surface area contributed by atoms with Crippen LogP contribution in [0.2, 0.25) is 0 Å². The molecule has 52 valence electrons. The largest absolute Gasteiger partial charge is 0.370 e. The maximum Gasteiger partial charge on any atom is 0.149 e. The Hall–Kier alpha value is -0.370. The van der Waals surface area contributed by atoms with Crippen molar-refractivity contribution in [2.75, 3.05) is 6.61 Å². The molecule has 0 aliphatic carbocycles. The molecular weight excluding hydrogens is 116 g/mol. The molecule has 1 rings (SSSR count). The number of hydrogen-bond donors (Lipinski definition) is 0. The van der Waals surface area contributed by atoms with Gasteiger partial charge in [-0.1, -0.05) is 13.8 Å². The molecule has 1 fully saturated rings. The van der Waals surface area contributed by atoms with Crippen LogP contribution in [0, 0.1) is 11.8 Å². The molecule has 0 bridgehead atoms. The van der Waals surface area contributed by atoms with Crippen molar-refractivity contribution in [3.8, 4) is 0 Å². The molecule has 1 heterocycles. The third-order valence-electron chi connectivity index (χ3n) is 2.10. The summed E-state index contributed by atoms with van der Waals surface area (Å²) in [5, 5.41) is 0. The molecular formula is C7H12O2. The highest BCUT2D eigenvalue weighted by Gasteiger charge is 2.29. The van der Waals surface area contributed by atoms with E-state index in [4.69, 9.17) is 4.74 Å². The summed E-state index contributed by atoms with van der Waals surface area (Å²) in [5.41, 5.74) is 0. The lowest BCUT2D eigenvalue weighted by Crippen LogP contribution is -2.16. The van der Waals surface area contributed by atoms with E-state index in [0.29, 0.717) is 11.8 Å². The molecule has 3 unspecified atom stereocenters. The lowest BCUT2D eigenvalue weighted by Gasteiger charge is -2.07. The lowest BCUT2D eigenvalue weighted by molar-refractivity contribution is -0.116. The van der Waals surface area contributed by atoms with E-state index in [0.717, 1.165) is 12.9 Å². The van der Waals surface area contributed by atoms with Crippen LogP contribution in [0.1, 0.15) is 13.8 Å². The molecule has 9 heavy (non-hydrogen) atoms. The van der Waals surface area contributed by atoms with Crippen LogP contribution in [0.15, 0.2) is 0 Å². The van der Waals surface area contributed by atoms with Gasteiger partial charge in [-0.3, -0.25) is 0 Å². The minimum absolute atomic E-state index is 0.139. The van der Waals surface area contributed by atoms with Crippen LogP contribution >= 0.6 is 0 Å². The third-order valence-corrected chi connectivity index (χ3v) is 2.10. The van der Waals surface area contributed by atoms with E-state index in [1.54, 1.807) is 0 Å². The number of carbonyl (C=O) groups is 1. The number of ether oxygens (including phenoxy) is 1. The Morgan fingerprint density at radius 2 is 2.22 bits per heavy atom. The van der Waals surface area contributed by atoms with E-state index in [-0.39, 0.29) is 6.10 Å². The molecule has 3 atom stereocenters. The van der Waals surface area contributed by atoms with Crippen LogP contribution in [0.3, 0.4) is 0 Å². The average Bonchev–Trinajstić information content (AvgIpc) is 2.15. The van der Waals surface area contributed by atoms with Crippen LogP contribution in [-0.4, -0.2) is 19.0 Å². The van der Waals surface area contributed by atoms with Crippen molar-refractivity contribution in [2.24, 2.45) is 11.8 Å². The molecule has 0 spiro atoms. The molecule has 2 heteroatoms. The van der Waals surface area contributed by atoms with Gasteiger partial charge < -0.3 is 9.53 Å². The van der Waals surface area contributed by atoms with Crippen LogP contribution in [0.25, 0.3) is 0 Å². The number of hydrogen-bond acceptors (Lipinski definition) is 2. The van der Waals surface area contributed by atoms with E-state index >= 15 is 0 Å². The van der Waals surface area contributed by atoms with Crippen molar-refractivity contribution in [2.45, 2.75) is 20.0 Å². The summed E-state index contributed by atoms with van der Waals surface area (Å²) in [6.45, 7) is 4.90. The maximum absolute atomic E-state index is 10.2. The van der Waals surface area contributed by atoms with E-state index in [9.17, 15) is 4.79 Å². The molecule has 0 N–H and O–H groups in total. The third kappa shape index (κ3) is 1.13. The molecule has 0 radical (unpaired) electrons. The van der Waals surface area contributed by atoms with Gasteiger partial charge in [0.25, 0.3) is 0 Å². The van der Waals surface area contributed by atoms with Crippen LogP contribution < -0.4 is 0 Å². The van der Waals surface area contributed by atoms with E-state index in [1.807, 2.05) is 0 Å². The first-order chi connectivity index (χ1) is 4.25. The summed E-state index contributed by atoms with van der Waals surface area (Å²) in [4.78, 5) is 10.2. The highest BCUT2D eigenvalue weighted by atomic mass is 16.5. The Labute approximate surface area is 55.2 Å². The number of carbonyl (C=O) groups excluding carboxylic acids is 1. The van der Waals surface area contributed by atoms with Crippen LogP contribution in [-0.2, 0) is 9.53 Å². The van der Waals surface area contributed by atoms with Gasteiger partial charge in [-0.2, -0.15) is 0 Å². The predicted molar refractivity (Wildman–Crippen MR) is 34.1 cm³/mol.